The minimum atomic E-state index is -0.724. The molecule has 4 fully saturated rings. The number of carbonyl (C=O) groups is 1. The van der Waals surface area contributed by atoms with E-state index >= 15 is 0 Å². The Balaban J connectivity index is 1.13. The monoisotopic (exact) mass is 525 g/mol. The van der Waals surface area contributed by atoms with Crippen LogP contribution in [0.25, 0.3) is 0 Å². The number of carbonyl (C=O) groups excluding carboxylic acids is 1. The Morgan fingerprint density at radius 1 is 1.08 bits per heavy atom. The largest absolute Gasteiger partial charge is 0.508 e. The lowest BCUT2D eigenvalue weighted by Crippen LogP contribution is -2.60. The van der Waals surface area contributed by atoms with Crippen molar-refractivity contribution >= 4 is 6.16 Å². The van der Waals surface area contributed by atoms with Crippen LogP contribution in [0, 0.1) is 22.7 Å². The number of ether oxygens (including phenoxy) is 2. The van der Waals surface area contributed by atoms with E-state index in [0.717, 1.165) is 76.6 Å². The molecule has 0 aromatic carbocycles. The fraction of sp³-hybridized carbons (Fsp3) is 0.742. The summed E-state index contributed by atoms with van der Waals surface area (Å²) in [6, 6.07) is 3.39. The lowest BCUT2D eigenvalue weighted by atomic mass is 9.45. The maximum Gasteiger partial charge on any atom is 0.508 e. The Morgan fingerprint density at radius 2 is 1.89 bits per heavy atom. The van der Waals surface area contributed by atoms with Crippen LogP contribution in [-0.2, 0) is 9.47 Å². The number of nitrogens with zero attached hydrogens (tertiary/aromatic N) is 1. The SMILES string of the molecule is C[C@]12CC[C@H](OC(=O)OCCN3CCCC3)C=C1CC[C@@H]1[C@@H]2CC[C@]2(C)[C@@H](c3ccc(=O)oc3)CC[C@]12O. The summed E-state index contributed by atoms with van der Waals surface area (Å²) in [4.78, 5) is 26.2. The van der Waals surface area contributed by atoms with E-state index in [0.29, 0.717) is 12.5 Å². The van der Waals surface area contributed by atoms with Crippen LogP contribution in [0.1, 0.15) is 89.5 Å². The van der Waals surface area contributed by atoms with Crippen LogP contribution in [0.2, 0.25) is 0 Å². The molecule has 0 unspecified atom stereocenters. The number of hydrogen-bond donors (Lipinski definition) is 1. The van der Waals surface area contributed by atoms with E-state index in [1.165, 1.54) is 24.5 Å². The maximum atomic E-state index is 12.4. The zero-order valence-corrected chi connectivity index (χ0v) is 23.0. The Hall–Kier alpha value is -2.12. The second-order valence-electron chi connectivity index (χ2n) is 13.1. The van der Waals surface area contributed by atoms with E-state index in [1.54, 1.807) is 6.26 Å². The molecular weight excluding hydrogens is 482 g/mol. The Labute approximate surface area is 225 Å². The van der Waals surface area contributed by atoms with Gasteiger partial charge in [0.05, 0.1) is 11.9 Å². The molecule has 0 bridgehead atoms. The van der Waals surface area contributed by atoms with Gasteiger partial charge in [-0.1, -0.05) is 19.4 Å². The van der Waals surface area contributed by atoms with Crippen LogP contribution in [0.5, 0.6) is 0 Å². The van der Waals surface area contributed by atoms with Crippen molar-refractivity contribution in [3.8, 4) is 0 Å². The average molecular weight is 526 g/mol. The molecule has 0 spiro atoms. The quantitative estimate of drug-likeness (QED) is 0.406. The van der Waals surface area contributed by atoms with Gasteiger partial charge in [0.2, 0.25) is 0 Å². The normalized spacial score (nSPS) is 40.6. The van der Waals surface area contributed by atoms with E-state index in [1.807, 2.05) is 6.07 Å². The molecule has 7 atom stereocenters. The van der Waals surface area contributed by atoms with Gasteiger partial charge < -0.3 is 19.0 Å². The summed E-state index contributed by atoms with van der Waals surface area (Å²) in [5.74, 6) is 0.863. The molecule has 208 valence electrons. The number of hydrogen-bond acceptors (Lipinski definition) is 7. The lowest BCUT2D eigenvalue weighted by molar-refractivity contribution is -0.178. The van der Waals surface area contributed by atoms with Crippen LogP contribution < -0.4 is 5.63 Å². The van der Waals surface area contributed by atoms with Gasteiger partial charge in [-0.25, -0.2) is 9.59 Å². The van der Waals surface area contributed by atoms with E-state index in [-0.39, 0.29) is 34.4 Å². The molecule has 6 rings (SSSR count). The molecule has 2 heterocycles. The highest BCUT2D eigenvalue weighted by atomic mass is 16.7. The zero-order chi connectivity index (χ0) is 26.5. The van der Waals surface area contributed by atoms with Gasteiger partial charge in [0.1, 0.15) is 12.7 Å². The molecule has 7 heteroatoms. The predicted octanol–water partition coefficient (Wildman–Crippen LogP) is 5.42. The molecule has 7 nitrogen and oxygen atoms in total. The van der Waals surface area contributed by atoms with Gasteiger partial charge in [-0.3, -0.25) is 4.90 Å². The third kappa shape index (κ3) is 4.25. The summed E-state index contributed by atoms with van der Waals surface area (Å²) in [5, 5.41) is 12.4. The molecule has 38 heavy (non-hydrogen) atoms. The fourth-order valence-corrected chi connectivity index (χ4v) is 9.28. The van der Waals surface area contributed by atoms with Crippen molar-refractivity contribution in [1.29, 1.82) is 0 Å². The third-order valence-electron chi connectivity index (χ3n) is 11.5. The second kappa shape index (κ2) is 9.81. The molecule has 4 aliphatic carbocycles. The second-order valence-corrected chi connectivity index (χ2v) is 13.1. The molecule has 0 radical (unpaired) electrons. The summed E-state index contributed by atoms with van der Waals surface area (Å²) in [5.41, 5.74) is 1.17. The number of allylic oxidation sites excluding steroid dienone is 1. The molecule has 5 aliphatic rings. The van der Waals surface area contributed by atoms with Crippen molar-refractivity contribution in [3.63, 3.8) is 0 Å². The van der Waals surface area contributed by atoms with Crippen molar-refractivity contribution in [2.75, 3.05) is 26.2 Å². The highest BCUT2D eigenvalue weighted by Gasteiger charge is 2.66. The van der Waals surface area contributed by atoms with Gasteiger partial charge >= 0.3 is 11.8 Å². The molecule has 3 saturated carbocycles. The molecule has 1 N–H and O–H groups in total. The van der Waals surface area contributed by atoms with Gasteiger partial charge in [-0.05, 0) is 118 Å². The van der Waals surface area contributed by atoms with Gasteiger partial charge in [0.15, 0.2) is 0 Å². The number of rotatable bonds is 5. The van der Waals surface area contributed by atoms with Crippen LogP contribution >= 0.6 is 0 Å². The van der Waals surface area contributed by atoms with Gasteiger partial charge in [0, 0.05) is 18.0 Å². The van der Waals surface area contributed by atoms with Crippen molar-refractivity contribution in [3.05, 3.63) is 46.0 Å². The van der Waals surface area contributed by atoms with Crippen molar-refractivity contribution in [2.45, 2.75) is 95.7 Å². The first-order valence-corrected chi connectivity index (χ1v) is 14.8. The van der Waals surface area contributed by atoms with Crippen LogP contribution in [0.3, 0.4) is 0 Å². The molecule has 1 aliphatic heterocycles. The Morgan fingerprint density at radius 3 is 2.66 bits per heavy atom. The van der Waals surface area contributed by atoms with Gasteiger partial charge in [0.25, 0.3) is 0 Å². The Bertz CT molecular complexity index is 1120. The summed E-state index contributed by atoms with van der Waals surface area (Å²) in [6.45, 7) is 7.99. The molecule has 1 saturated heterocycles. The highest BCUT2D eigenvalue weighted by molar-refractivity contribution is 5.60. The van der Waals surface area contributed by atoms with E-state index in [9.17, 15) is 14.7 Å². The molecule has 1 aromatic rings. The first-order valence-electron chi connectivity index (χ1n) is 14.8. The summed E-state index contributed by atoms with van der Waals surface area (Å²) in [6.07, 6.45) is 12.9. The first kappa shape index (κ1) is 26.1. The van der Waals surface area contributed by atoms with Gasteiger partial charge in [-0.15, -0.1) is 0 Å². The Kier molecular flexibility index (Phi) is 6.74. The summed E-state index contributed by atoms with van der Waals surface area (Å²) >= 11 is 0. The van der Waals surface area contributed by atoms with Crippen molar-refractivity contribution in [1.82, 2.24) is 4.90 Å². The topological polar surface area (TPSA) is 89.2 Å². The van der Waals surface area contributed by atoms with Crippen LogP contribution in [-0.4, -0.2) is 54.1 Å². The number of fused-ring (bicyclic) bond motifs is 5. The van der Waals surface area contributed by atoms with E-state index < -0.39 is 11.8 Å². The van der Waals surface area contributed by atoms with E-state index in [4.69, 9.17) is 13.9 Å². The predicted molar refractivity (Wildman–Crippen MR) is 143 cm³/mol. The molecular formula is C31H43NO6. The van der Waals surface area contributed by atoms with Crippen molar-refractivity contribution < 1.29 is 23.8 Å². The highest BCUT2D eigenvalue weighted by Crippen LogP contribution is 2.70. The molecule has 0 amide bonds. The standard InChI is InChI=1S/C31H43NO6/c1-29-12-9-23(38-28(34)36-18-17-32-15-3-4-16-32)19-22(29)6-7-26-25(29)10-13-30(2)24(11-14-31(26,30)35)21-5-8-27(33)37-20-21/h5,8,19-20,23-26,35H,3-4,6-7,9-18H2,1-2H3/t23-,24+,25-,26+,29-,30+,31-/m0/s1. The minimum absolute atomic E-state index is 0.0249. The van der Waals surface area contributed by atoms with Crippen molar-refractivity contribution in [2.24, 2.45) is 22.7 Å². The van der Waals surface area contributed by atoms with Crippen LogP contribution in [0.4, 0.5) is 4.79 Å². The van der Waals surface area contributed by atoms with Gasteiger partial charge in [-0.2, -0.15) is 0 Å². The minimum Gasteiger partial charge on any atom is -0.433 e. The number of likely N-dealkylation sites (tertiary alicyclic amines) is 1. The molecule has 1 aromatic heterocycles. The third-order valence-corrected chi connectivity index (χ3v) is 11.5. The summed E-state index contributed by atoms with van der Waals surface area (Å²) in [7, 11) is 0. The lowest BCUT2D eigenvalue weighted by Gasteiger charge is -2.61. The fourth-order valence-electron chi connectivity index (χ4n) is 9.28. The van der Waals surface area contributed by atoms with E-state index in [2.05, 4.69) is 24.8 Å². The zero-order valence-electron chi connectivity index (χ0n) is 23.0. The first-order chi connectivity index (χ1) is 18.2. The average Bonchev–Trinajstić information content (AvgIpc) is 3.51. The summed E-state index contributed by atoms with van der Waals surface area (Å²) < 4.78 is 16.3. The smallest absolute Gasteiger partial charge is 0.433 e. The maximum absolute atomic E-state index is 12.4. The van der Waals surface area contributed by atoms with Crippen LogP contribution in [0.15, 0.2) is 39.3 Å². The number of aliphatic hydroxyl groups is 1.